The van der Waals surface area contributed by atoms with E-state index in [1.54, 1.807) is 0 Å². The maximum Gasteiger partial charge on any atom is 0.101 e. The van der Waals surface area contributed by atoms with Gasteiger partial charge in [0, 0.05) is 6.42 Å². The third-order valence-corrected chi connectivity index (χ3v) is 3.91. The summed E-state index contributed by atoms with van der Waals surface area (Å²) in [4.78, 5) is 4.76. The minimum absolute atomic E-state index is 0.146. The number of aliphatic hydroxyl groups excluding tert-OH is 1. The molecular formula is C15H20N2O. The van der Waals surface area contributed by atoms with Crippen LogP contribution in [0.2, 0.25) is 0 Å². The molecule has 3 heteroatoms. The van der Waals surface area contributed by atoms with E-state index in [2.05, 4.69) is 36.5 Å². The van der Waals surface area contributed by atoms with Crippen molar-refractivity contribution in [2.45, 2.75) is 50.8 Å². The van der Waals surface area contributed by atoms with Gasteiger partial charge in [0.15, 0.2) is 0 Å². The zero-order valence-corrected chi connectivity index (χ0v) is 10.8. The van der Waals surface area contributed by atoms with Crippen LogP contribution in [0.5, 0.6) is 0 Å². The molecule has 0 aromatic heterocycles. The number of fused-ring (bicyclic) bond motifs is 1. The van der Waals surface area contributed by atoms with Crippen molar-refractivity contribution in [2.75, 3.05) is 0 Å². The lowest BCUT2D eigenvalue weighted by atomic mass is 9.90. The van der Waals surface area contributed by atoms with E-state index in [9.17, 15) is 5.11 Å². The van der Waals surface area contributed by atoms with Crippen molar-refractivity contribution < 1.29 is 5.11 Å². The van der Waals surface area contributed by atoms with Crippen LogP contribution < -0.4 is 5.32 Å². The standard InChI is InChI=1S/C15H20N2O/c1-10-3-2-4-11(7-10)8-15-16-13-6-5-12(18)9-14(13)17-15/h2-4,7,12-14,18H,5-6,8-9H2,1H3,(H,16,17). The lowest BCUT2D eigenvalue weighted by Crippen LogP contribution is -2.41. The predicted octanol–water partition coefficient (Wildman–Crippen LogP) is 1.82. The molecule has 0 radical (unpaired) electrons. The molecule has 1 aromatic carbocycles. The molecule has 1 aromatic rings. The number of hydrogen-bond acceptors (Lipinski definition) is 3. The van der Waals surface area contributed by atoms with Crippen molar-refractivity contribution in [1.29, 1.82) is 0 Å². The van der Waals surface area contributed by atoms with E-state index in [4.69, 9.17) is 4.99 Å². The second-order valence-corrected chi connectivity index (χ2v) is 5.53. The topological polar surface area (TPSA) is 44.6 Å². The van der Waals surface area contributed by atoms with Crippen molar-refractivity contribution in [1.82, 2.24) is 5.32 Å². The van der Waals surface area contributed by atoms with Gasteiger partial charge in [0.25, 0.3) is 0 Å². The Morgan fingerprint density at radius 3 is 3.11 bits per heavy atom. The monoisotopic (exact) mass is 244 g/mol. The van der Waals surface area contributed by atoms with E-state index in [0.29, 0.717) is 12.1 Å². The minimum atomic E-state index is -0.146. The molecule has 96 valence electrons. The first-order chi connectivity index (χ1) is 8.70. The molecule has 3 unspecified atom stereocenters. The van der Waals surface area contributed by atoms with E-state index in [1.807, 2.05) is 0 Å². The lowest BCUT2D eigenvalue weighted by Gasteiger charge is -2.27. The van der Waals surface area contributed by atoms with Crippen LogP contribution in [-0.2, 0) is 6.42 Å². The molecule has 3 rings (SSSR count). The first-order valence-corrected chi connectivity index (χ1v) is 6.77. The van der Waals surface area contributed by atoms with Gasteiger partial charge in [0.2, 0.25) is 0 Å². The summed E-state index contributed by atoms with van der Waals surface area (Å²) in [5.74, 6) is 1.09. The van der Waals surface area contributed by atoms with E-state index >= 15 is 0 Å². The zero-order valence-electron chi connectivity index (χ0n) is 10.8. The van der Waals surface area contributed by atoms with Crippen LogP contribution in [0.4, 0.5) is 0 Å². The van der Waals surface area contributed by atoms with Crippen LogP contribution in [0.3, 0.4) is 0 Å². The van der Waals surface area contributed by atoms with Crippen molar-refractivity contribution >= 4 is 5.84 Å². The maximum absolute atomic E-state index is 9.68. The summed E-state index contributed by atoms with van der Waals surface area (Å²) in [5.41, 5.74) is 2.60. The number of aryl methyl sites for hydroxylation is 1. The van der Waals surface area contributed by atoms with Gasteiger partial charge < -0.3 is 10.4 Å². The summed E-state index contributed by atoms with van der Waals surface area (Å²) in [5, 5.41) is 13.2. The molecule has 1 heterocycles. The van der Waals surface area contributed by atoms with E-state index in [1.165, 1.54) is 11.1 Å². The fourth-order valence-electron chi connectivity index (χ4n) is 3.01. The third-order valence-electron chi connectivity index (χ3n) is 3.91. The molecule has 3 atom stereocenters. The van der Waals surface area contributed by atoms with E-state index < -0.39 is 0 Å². The highest BCUT2D eigenvalue weighted by Gasteiger charge is 2.34. The van der Waals surface area contributed by atoms with Gasteiger partial charge in [-0.15, -0.1) is 0 Å². The van der Waals surface area contributed by atoms with Gasteiger partial charge >= 0.3 is 0 Å². The van der Waals surface area contributed by atoms with Crippen LogP contribution in [0.25, 0.3) is 0 Å². The van der Waals surface area contributed by atoms with E-state index in [0.717, 1.165) is 31.5 Å². The fourth-order valence-corrected chi connectivity index (χ4v) is 3.01. The number of aliphatic hydroxyl groups is 1. The third kappa shape index (κ3) is 2.41. The maximum atomic E-state index is 9.68. The van der Waals surface area contributed by atoms with Crippen LogP contribution in [-0.4, -0.2) is 29.1 Å². The van der Waals surface area contributed by atoms with Crippen LogP contribution in [0.1, 0.15) is 30.4 Å². The summed E-state index contributed by atoms with van der Waals surface area (Å²) < 4.78 is 0. The summed E-state index contributed by atoms with van der Waals surface area (Å²) in [6.07, 6.45) is 3.48. The highest BCUT2D eigenvalue weighted by atomic mass is 16.3. The number of benzene rings is 1. The average Bonchev–Trinajstić information content (AvgIpc) is 2.70. The molecule has 1 aliphatic carbocycles. The smallest absolute Gasteiger partial charge is 0.101 e. The number of aliphatic imine (C=N–C) groups is 1. The molecular weight excluding hydrogens is 224 g/mol. The predicted molar refractivity (Wildman–Crippen MR) is 72.9 cm³/mol. The van der Waals surface area contributed by atoms with Crippen LogP contribution in [0, 0.1) is 6.92 Å². The molecule has 3 nitrogen and oxygen atoms in total. The van der Waals surface area contributed by atoms with Gasteiger partial charge in [-0.1, -0.05) is 29.8 Å². The number of nitrogens with zero attached hydrogens (tertiary/aromatic N) is 1. The highest BCUT2D eigenvalue weighted by Crippen LogP contribution is 2.25. The molecule has 0 saturated heterocycles. The van der Waals surface area contributed by atoms with Crippen LogP contribution in [0.15, 0.2) is 29.3 Å². The lowest BCUT2D eigenvalue weighted by molar-refractivity contribution is 0.112. The molecule has 1 aliphatic heterocycles. The molecule has 2 N–H and O–H groups in total. The quantitative estimate of drug-likeness (QED) is 0.833. The number of nitrogens with one attached hydrogen (secondary N) is 1. The average molecular weight is 244 g/mol. The fraction of sp³-hybridized carbons (Fsp3) is 0.533. The van der Waals surface area contributed by atoms with Gasteiger partial charge in [0.05, 0.1) is 18.2 Å². The van der Waals surface area contributed by atoms with Gasteiger partial charge in [-0.3, -0.25) is 4.99 Å². The summed E-state index contributed by atoms with van der Waals surface area (Å²) in [6, 6.07) is 9.30. The Kier molecular flexibility index (Phi) is 3.08. The van der Waals surface area contributed by atoms with Gasteiger partial charge in [-0.25, -0.2) is 0 Å². The SMILES string of the molecule is Cc1cccc(CC2=NC3CCC(O)CC3N2)c1. The largest absolute Gasteiger partial charge is 0.393 e. The van der Waals surface area contributed by atoms with E-state index in [-0.39, 0.29) is 6.10 Å². The Morgan fingerprint density at radius 1 is 1.39 bits per heavy atom. The minimum Gasteiger partial charge on any atom is -0.393 e. The number of rotatable bonds is 2. The van der Waals surface area contributed by atoms with Crippen molar-refractivity contribution in [2.24, 2.45) is 4.99 Å². The normalized spacial score (nSPS) is 30.6. The number of amidine groups is 1. The summed E-state index contributed by atoms with van der Waals surface area (Å²) in [7, 11) is 0. The Labute approximate surface area is 108 Å². The first kappa shape index (κ1) is 11.7. The van der Waals surface area contributed by atoms with Crippen molar-refractivity contribution in [3.05, 3.63) is 35.4 Å². The molecule has 0 bridgehead atoms. The Bertz CT molecular complexity index is 469. The molecule has 18 heavy (non-hydrogen) atoms. The zero-order chi connectivity index (χ0) is 12.5. The van der Waals surface area contributed by atoms with Gasteiger partial charge in [0.1, 0.15) is 5.84 Å². The summed E-state index contributed by atoms with van der Waals surface area (Å²) >= 11 is 0. The van der Waals surface area contributed by atoms with Crippen LogP contribution >= 0.6 is 0 Å². The highest BCUT2D eigenvalue weighted by molar-refractivity contribution is 5.86. The molecule has 1 fully saturated rings. The molecule has 0 amide bonds. The van der Waals surface area contributed by atoms with Gasteiger partial charge in [-0.2, -0.15) is 0 Å². The second kappa shape index (κ2) is 4.73. The van der Waals surface area contributed by atoms with Gasteiger partial charge in [-0.05, 0) is 31.7 Å². The Hall–Kier alpha value is -1.35. The molecule has 1 saturated carbocycles. The molecule has 0 spiro atoms. The van der Waals surface area contributed by atoms with Crippen molar-refractivity contribution in [3.63, 3.8) is 0 Å². The number of hydrogen-bond donors (Lipinski definition) is 2. The molecule has 2 aliphatic rings. The van der Waals surface area contributed by atoms with Crippen molar-refractivity contribution in [3.8, 4) is 0 Å². The first-order valence-electron chi connectivity index (χ1n) is 6.77. The Morgan fingerprint density at radius 2 is 2.28 bits per heavy atom. The second-order valence-electron chi connectivity index (χ2n) is 5.53. The Balaban J connectivity index is 1.68. The summed E-state index contributed by atoms with van der Waals surface area (Å²) in [6.45, 7) is 2.11.